The van der Waals surface area contributed by atoms with Crippen LogP contribution in [0.25, 0.3) is 0 Å². The fraction of sp³-hybridized carbons (Fsp3) is 0.217. The van der Waals surface area contributed by atoms with E-state index in [-0.39, 0.29) is 23.9 Å². The summed E-state index contributed by atoms with van der Waals surface area (Å²) >= 11 is 0. The lowest BCUT2D eigenvalue weighted by Gasteiger charge is -2.13. The number of esters is 1. The van der Waals surface area contributed by atoms with Crippen LogP contribution in [0.2, 0.25) is 0 Å². The third-order valence-electron chi connectivity index (χ3n) is 4.54. The lowest BCUT2D eigenvalue weighted by molar-refractivity contribution is -0.137. The van der Waals surface area contributed by atoms with Crippen LogP contribution in [0.3, 0.4) is 0 Å². The number of amides is 2. The largest absolute Gasteiger partial charge is 0.462 e. The molecule has 1 aliphatic heterocycles. The van der Waals surface area contributed by atoms with Gasteiger partial charge < -0.3 is 20.7 Å². The molecule has 3 rings (SSSR count). The summed E-state index contributed by atoms with van der Waals surface area (Å²) in [5.41, 5.74) is 3.23. The van der Waals surface area contributed by atoms with Crippen LogP contribution in [0.4, 0.5) is 11.4 Å². The Morgan fingerprint density at radius 3 is 2.45 bits per heavy atom. The van der Waals surface area contributed by atoms with Gasteiger partial charge in [0.05, 0.1) is 18.0 Å². The zero-order valence-electron chi connectivity index (χ0n) is 17.6. The number of ether oxygens (including phenoxy) is 1. The summed E-state index contributed by atoms with van der Waals surface area (Å²) in [4.78, 5) is 41.1. The molecule has 1 aliphatic rings. The number of rotatable bonds is 5. The summed E-state index contributed by atoms with van der Waals surface area (Å²) in [6, 6.07) is 14.1. The molecule has 8 nitrogen and oxygen atoms in total. The summed E-state index contributed by atoms with van der Waals surface area (Å²) in [7, 11) is 0. The number of hydrogen-bond acceptors (Lipinski definition) is 6. The van der Waals surface area contributed by atoms with E-state index < -0.39 is 11.9 Å². The molecule has 31 heavy (non-hydrogen) atoms. The fourth-order valence-corrected chi connectivity index (χ4v) is 3.02. The number of nitrogens with one attached hydrogen (secondary N) is 3. The number of allylic oxidation sites excluding steroid dienone is 1. The predicted octanol–water partition coefficient (Wildman–Crippen LogP) is 3.05. The minimum atomic E-state index is -0.579. The van der Waals surface area contributed by atoms with Gasteiger partial charge in [0.1, 0.15) is 11.4 Å². The van der Waals surface area contributed by atoms with Crippen LogP contribution in [-0.2, 0) is 20.9 Å². The Morgan fingerprint density at radius 2 is 1.77 bits per heavy atom. The fourth-order valence-electron chi connectivity index (χ4n) is 3.02. The number of benzene rings is 2. The molecule has 0 radical (unpaired) electrons. The molecule has 0 fully saturated rings. The monoisotopic (exact) mass is 420 g/mol. The number of carbonyl (C=O) groups is 3. The Bertz CT molecular complexity index is 1070. The SMILES string of the molecule is CCOC(=O)C1=C(C)Nc2ccccc2N=C1NC(=O)c1ccc(CNC(C)=O)cc1. The average molecular weight is 420 g/mol. The third-order valence-corrected chi connectivity index (χ3v) is 4.54. The van der Waals surface area contributed by atoms with Gasteiger partial charge in [-0.05, 0) is 43.7 Å². The molecule has 0 spiro atoms. The van der Waals surface area contributed by atoms with E-state index in [0.717, 1.165) is 5.56 Å². The Labute approximate surface area is 180 Å². The van der Waals surface area contributed by atoms with Crippen LogP contribution in [-0.4, -0.2) is 30.2 Å². The first-order chi connectivity index (χ1) is 14.9. The maximum Gasteiger partial charge on any atom is 0.343 e. The van der Waals surface area contributed by atoms with Gasteiger partial charge >= 0.3 is 5.97 Å². The number of fused-ring (bicyclic) bond motifs is 1. The molecule has 8 heteroatoms. The van der Waals surface area contributed by atoms with Gasteiger partial charge in [-0.25, -0.2) is 9.79 Å². The molecule has 3 N–H and O–H groups in total. The highest BCUT2D eigenvalue weighted by Gasteiger charge is 2.26. The number of para-hydroxylation sites is 2. The zero-order valence-corrected chi connectivity index (χ0v) is 17.6. The van der Waals surface area contributed by atoms with Crippen molar-refractivity contribution in [3.8, 4) is 0 Å². The van der Waals surface area contributed by atoms with Crippen molar-refractivity contribution in [3.05, 3.63) is 70.9 Å². The molecule has 1 heterocycles. The molecule has 0 bridgehead atoms. The van der Waals surface area contributed by atoms with Crippen molar-refractivity contribution in [2.45, 2.75) is 27.3 Å². The molecule has 0 saturated carbocycles. The first-order valence-electron chi connectivity index (χ1n) is 9.87. The predicted molar refractivity (Wildman–Crippen MR) is 118 cm³/mol. The van der Waals surface area contributed by atoms with Crippen molar-refractivity contribution in [1.82, 2.24) is 10.6 Å². The second-order valence-corrected chi connectivity index (χ2v) is 6.88. The van der Waals surface area contributed by atoms with Crippen LogP contribution in [0.5, 0.6) is 0 Å². The smallest absolute Gasteiger partial charge is 0.343 e. The van der Waals surface area contributed by atoms with Gasteiger partial charge in [0.15, 0.2) is 0 Å². The highest BCUT2D eigenvalue weighted by Crippen LogP contribution is 2.30. The van der Waals surface area contributed by atoms with Gasteiger partial charge in [-0.15, -0.1) is 0 Å². The van der Waals surface area contributed by atoms with E-state index in [0.29, 0.717) is 29.2 Å². The van der Waals surface area contributed by atoms with E-state index in [1.807, 2.05) is 18.2 Å². The number of aliphatic imine (C=N–C) groups is 1. The summed E-state index contributed by atoms with van der Waals surface area (Å²) in [6.07, 6.45) is 0. The quantitative estimate of drug-likeness (QED) is 0.644. The molecule has 0 aromatic heterocycles. The van der Waals surface area contributed by atoms with Crippen LogP contribution in [0, 0.1) is 0 Å². The molecule has 0 aliphatic carbocycles. The normalized spacial score (nSPS) is 12.7. The first-order valence-corrected chi connectivity index (χ1v) is 9.87. The number of nitrogens with zero attached hydrogens (tertiary/aromatic N) is 1. The highest BCUT2D eigenvalue weighted by molar-refractivity contribution is 6.25. The van der Waals surface area contributed by atoms with Gasteiger partial charge in [0.2, 0.25) is 5.91 Å². The van der Waals surface area contributed by atoms with E-state index in [1.165, 1.54) is 6.92 Å². The molecule has 0 unspecified atom stereocenters. The van der Waals surface area contributed by atoms with E-state index in [9.17, 15) is 14.4 Å². The summed E-state index contributed by atoms with van der Waals surface area (Å²) in [5, 5.41) is 8.62. The first kappa shape index (κ1) is 21.8. The Kier molecular flexibility index (Phi) is 6.81. The van der Waals surface area contributed by atoms with Gasteiger partial charge in [0.25, 0.3) is 5.91 Å². The molecule has 2 aromatic rings. The maximum atomic E-state index is 12.9. The number of anilines is 1. The van der Waals surface area contributed by atoms with Crippen LogP contribution < -0.4 is 16.0 Å². The molecular formula is C23H24N4O4. The molecule has 0 saturated heterocycles. The standard InChI is InChI=1S/C23H24N4O4/c1-4-31-23(30)20-14(2)25-18-7-5-6-8-19(18)26-21(20)27-22(29)17-11-9-16(10-12-17)13-24-15(3)28/h5-12,25H,4,13H2,1-3H3,(H,24,28)(H,26,27,29). The lowest BCUT2D eigenvalue weighted by Crippen LogP contribution is -2.35. The van der Waals surface area contributed by atoms with Crippen molar-refractivity contribution in [3.63, 3.8) is 0 Å². The van der Waals surface area contributed by atoms with Crippen LogP contribution in [0.15, 0.2) is 64.8 Å². The third kappa shape index (κ3) is 5.36. The topological polar surface area (TPSA) is 109 Å². The van der Waals surface area contributed by atoms with Crippen LogP contribution >= 0.6 is 0 Å². The molecule has 160 valence electrons. The molecule has 2 aromatic carbocycles. The molecule has 0 atom stereocenters. The van der Waals surface area contributed by atoms with E-state index in [1.54, 1.807) is 44.2 Å². The second kappa shape index (κ2) is 9.71. The van der Waals surface area contributed by atoms with E-state index in [2.05, 4.69) is 20.9 Å². The van der Waals surface area contributed by atoms with Crippen LogP contribution in [0.1, 0.15) is 36.7 Å². The molecule has 2 amide bonds. The Balaban J connectivity index is 1.89. The van der Waals surface area contributed by atoms with Crippen molar-refractivity contribution in [2.24, 2.45) is 4.99 Å². The van der Waals surface area contributed by atoms with Gasteiger partial charge in [-0.3, -0.25) is 9.59 Å². The molecular weight excluding hydrogens is 396 g/mol. The van der Waals surface area contributed by atoms with Gasteiger partial charge in [0, 0.05) is 24.7 Å². The van der Waals surface area contributed by atoms with E-state index in [4.69, 9.17) is 4.74 Å². The highest BCUT2D eigenvalue weighted by atomic mass is 16.5. The van der Waals surface area contributed by atoms with Crippen molar-refractivity contribution >= 4 is 35.0 Å². The Morgan fingerprint density at radius 1 is 1.06 bits per heavy atom. The van der Waals surface area contributed by atoms with Crippen molar-refractivity contribution in [2.75, 3.05) is 11.9 Å². The lowest BCUT2D eigenvalue weighted by atomic mass is 10.1. The maximum absolute atomic E-state index is 12.9. The number of hydrogen-bond donors (Lipinski definition) is 3. The van der Waals surface area contributed by atoms with Crippen molar-refractivity contribution < 1.29 is 19.1 Å². The summed E-state index contributed by atoms with van der Waals surface area (Å²) in [6.45, 7) is 5.46. The second-order valence-electron chi connectivity index (χ2n) is 6.88. The zero-order chi connectivity index (χ0) is 22.4. The summed E-state index contributed by atoms with van der Waals surface area (Å²) < 4.78 is 5.18. The van der Waals surface area contributed by atoms with E-state index >= 15 is 0 Å². The van der Waals surface area contributed by atoms with Gasteiger partial charge in [-0.2, -0.15) is 0 Å². The Hall–Kier alpha value is -3.94. The minimum absolute atomic E-state index is 0.112. The van der Waals surface area contributed by atoms with Gasteiger partial charge in [-0.1, -0.05) is 24.3 Å². The number of amidine groups is 1. The number of carbonyl (C=O) groups excluding carboxylic acids is 3. The summed E-state index contributed by atoms with van der Waals surface area (Å²) in [5.74, 6) is -1.01. The van der Waals surface area contributed by atoms with Crippen molar-refractivity contribution in [1.29, 1.82) is 0 Å². The minimum Gasteiger partial charge on any atom is -0.462 e. The average Bonchev–Trinajstić information content (AvgIpc) is 2.87.